The molecule has 0 spiro atoms. The minimum absolute atomic E-state index is 0. The highest BCUT2D eigenvalue weighted by atomic mass is 35.5. The molecule has 0 fully saturated rings. The number of likely N-dealkylation sites (N-methyl/N-ethyl adjacent to an activating group) is 1. The first-order valence-corrected chi connectivity index (χ1v) is 4.85. The SMILES string of the molecule is CNC(C)Cc1ccc2c(c1)OCO2.Cl.O. The molecule has 1 aromatic rings. The zero-order valence-corrected chi connectivity index (χ0v) is 10.3. The second-order valence-corrected chi connectivity index (χ2v) is 3.58. The largest absolute Gasteiger partial charge is 0.454 e. The lowest BCUT2D eigenvalue weighted by atomic mass is 10.1. The fourth-order valence-corrected chi connectivity index (χ4v) is 1.52. The third-order valence-electron chi connectivity index (χ3n) is 2.47. The molecule has 0 radical (unpaired) electrons. The predicted molar refractivity (Wildman–Crippen MR) is 65.7 cm³/mol. The van der Waals surface area contributed by atoms with Gasteiger partial charge < -0.3 is 20.3 Å². The van der Waals surface area contributed by atoms with E-state index in [1.165, 1.54) is 5.56 Å². The van der Waals surface area contributed by atoms with Gasteiger partial charge in [0.25, 0.3) is 0 Å². The van der Waals surface area contributed by atoms with Crippen molar-refractivity contribution in [1.29, 1.82) is 0 Å². The second-order valence-electron chi connectivity index (χ2n) is 3.58. The summed E-state index contributed by atoms with van der Waals surface area (Å²) >= 11 is 0. The Morgan fingerprint density at radius 2 is 2.00 bits per heavy atom. The molecule has 0 amide bonds. The van der Waals surface area contributed by atoms with Gasteiger partial charge in [-0.1, -0.05) is 6.07 Å². The summed E-state index contributed by atoms with van der Waals surface area (Å²) in [6.45, 7) is 2.50. The molecule has 4 nitrogen and oxygen atoms in total. The van der Waals surface area contributed by atoms with Crippen molar-refractivity contribution in [1.82, 2.24) is 5.32 Å². The van der Waals surface area contributed by atoms with Crippen LogP contribution in [0, 0.1) is 0 Å². The third-order valence-corrected chi connectivity index (χ3v) is 2.47. The van der Waals surface area contributed by atoms with Crippen molar-refractivity contribution in [3.05, 3.63) is 23.8 Å². The predicted octanol–water partition coefficient (Wildman–Crippen LogP) is 1.16. The molecule has 0 bridgehead atoms. The molecule has 1 unspecified atom stereocenters. The summed E-state index contributed by atoms with van der Waals surface area (Å²) in [6, 6.07) is 6.59. The van der Waals surface area contributed by atoms with Crippen LogP contribution in [0.25, 0.3) is 0 Å². The molecule has 3 N–H and O–H groups in total. The highest BCUT2D eigenvalue weighted by molar-refractivity contribution is 5.85. The molecule has 2 rings (SSSR count). The molecule has 5 heteroatoms. The fourth-order valence-electron chi connectivity index (χ4n) is 1.52. The molecular formula is C11H18ClNO3. The summed E-state index contributed by atoms with van der Waals surface area (Å²) in [4.78, 5) is 0. The van der Waals surface area contributed by atoms with Crippen molar-refractivity contribution in [3.63, 3.8) is 0 Å². The standard InChI is InChI=1S/C11H15NO2.ClH.H2O/c1-8(12-2)5-9-3-4-10-11(6-9)14-7-13-10;;/h3-4,6,8,12H,5,7H2,1-2H3;1H;1H2. The molecule has 92 valence electrons. The van der Waals surface area contributed by atoms with Crippen LogP contribution in [0.5, 0.6) is 11.5 Å². The van der Waals surface area contributed by atoms with Gasteiger partial charge in [-0.25, -0.2) is 0 Å². The third kappa shape index (κ3) is 3.27. The van der Waals surface area contributed by atoms with Crippen LogP contribution in [-0.4, -0.2) is 25.4 Å². The summed E-state index contributed by atoms with van der Waals surface area (Å²) in [5.74, 6) is 1.72. The number of nitrogens with one attached hydrogen (secondary N) is 1. The van der Waals surface area contributed by atoms with E-state index < -0.39 is 0 Å². The smallest absolute Gasteiger partial charge is 0.231 e. The Bertz CT molecular complexity index is 333. The number of hydrogen-bond acceptors (Lipinski definition) is 3. The maximum absolute atomic E-state index is 5.31. The van der Waals surface area contributed by atoms with E-state index >= 15 is 0 Å². The maximum Gasteiger partial charge on any atom is 0.231 e. The van der Waals surface area contributed by atoms with Gasteiger partial charge in [-0.05, 0) is 38.1 Å². The van der Waals surface area contributed by atoms with E-state index in [4.69, 9.17) is 9.47 Å². The van der Waals surface area contributed by atoms with Crippen LogP contribution >= 0.6 is 12.4 Å². The van der Waals surface area contributed by atoms with E-state index in [2.05, 4.69) is 24.4 Å². The van der Waals surface area contributed by atoms with E-state index in [9.17, 15) is 0 Å². The first kappa shape index (κ1) is 15.0. The second kappa shape index (κ2) is 6.58. The van der Waals surface area contributed by atoms with Crippen LogP contribution < -0.4 is 14.8 Å². The zero-order chi connectivity index (χ0) is 9.97. The number of fused-ring (bicyclic) bond motifs is 1. The Labute approximate surface area is 102 Å². The molecule has 16 heavy (non-hydrogen) atoms. The summed E-state index contributed by atoms with van der Waals surface area (Å²) in [7, 11) is 1.97. The van der Waals surface area contributed by atoms with Gasteiger partial charge in [0.2, 0.25) is 6.79 Å². The van der Waals surface area contributed by atoms with Gasteiger partial charge in [-0.2, -0.15) is 0 Å². The summed E-state index contributed by atoms with van der Waals surface area (Å²) in [6.07, 6.45) is 1.01. The van der Waals surface area contributed by atoms with E-state index in [-0.39, 0.29) is 17.9 Å². The number of rotatable bonds is 3. The molecule has 0 aliphatic carbocycles. The molecule has 0 saturated carbocycles. The summed E-state index contributed by atoms with van der Waals surface area (Å²) < 4.78 is 10.6. The Balaban J connectivity index is 0.00000112. The molecule has 0 saturated heterocycles. The van der Waals surface area contributed by atoms with Gasteiger partial charge in [0.1, 0.15) is 0 Å². The lowest BCUT2D eigenvalue weighted by molar-refractivity contribution is 0.174. The van der Waals surface area contributed by atoms with Crippen molar-refractivity contribution in [2.24, 2.45) is 0 Å². The van der Waals surface area contributed by atoms with Crippen LogP contribution in [0.1, 0.15) is 12.5 Å². The van der Waals surface area contributed by atoms with Crippen molar-refractivity contribution in [2.75, 3.05) is 13.8 Å². The van der Waals surface area contributed by atoms with E-state index in [1.807, 2.05) is 13.1 Å². The first-order valence-electron chi connectivity index (χ1n) is 4.85. The topological polar surface area (TPSA) is 62.0 Å². The Morgan fingerprint density at radius 1 is 1.31 bits per heavy atom. The quantitative estimate of drug-likeness (QED) is 0.872. The number of ether oxygens (including phenoxy) is 2. The van der Waals surface area contributed by atoms with Crippen molar-refractivity contribution < 1.29 is 14.9 Å². The first-order chi connectivity index (χ1) is 6.79. The minimum atomic E-state index is 0. The van der Waals surface area contributed by atoms with Gasteiger partial charge in [0.15, 0.2) is 11.5 Å². The summed E-state index contributed by atoms with van der Waals surface area (Å²) in [5, 5.41) is 3.21. The molecule has 1 atom stereocenters. The molecule has 0 aromatic heterocycles. The van der Waals surface area contributed by atoms with Crippen LogP contribution in [0.3, 0.4) is 0 Å². The van der Waals surface area contributed by atoms with Gasteiger partial charge in [0.05, 0.1) is 0 Å². The van der Waals surface area contributed by atoms with Crippen molar-refractivity contribution >= 4 is 12.4 Å². The van der Waals surface area contributed by atoms with E-state index in [1.54, 1.807) is 0 Å². The molecule has 1 aliphatic rings. The number of hydrogen-bond donors (Lipinski definition) is 1. The maximum atomic E-state index is 5.31. The van der Waals surface area contributed by atoms with Crippen LogP contribution in [-0.2, 0) is 6.42 Å². The Hall–Kier alpha value is -0.970. The lowest BCUT2D eigenvalue weighted by Gasteiger charge is -2.09. The van der Waals surface area contributed by atoms with E-state index in [0.717, 1.165) is 17.9 Å². The van der Waals surface area contributed by atoms with Gasteiger partial charge in [0, 0.05) is 6.04 Å². The number of benzene rings is 1. The molecule has 1 aliphatic heterocycles. The number of halogens is 1. The van der Waals surface area contributed by atoms with Gasteiger partial charge in [-0.3, -0.25) is 0 Å². The van der Waals surface area contributed by atoms with Crippen LogP contribution in [0.2, 0.25) is 0 Å². The van der Waals surface area contributed by atoms with Crippen molar-refractivity contribution in [2.45, 2.75) is 19.4 Å². The average Bonchev–Trinajstić information content (AvgIpc) is 2.64. The molecular weight excluding hydrogens is 230 g/mol. The van der Waals surface area contributed by atoms with Gasteiger partial charge in [-0.15, -0.1) is 12.4 Å². The van der Waals surface area contributed by atoms with Crippen LogP contribution in [0.15, 0.2) is 18.2 Å². The van der Waals surface area contributed by atoms with Gasteiger partial charge >= 0.3 is 0 Å². The monoisotopic (exact) mass is 247 g/mol. The Kier molecular flexibility index (Phi) is 6.18. The van der Waals surface area contributed by atoms with E-state index in [0.29, 0.717) is 12.8 Å². The highest BCUT2D eigenvalue weighted by Gasteiger charge is 2.13. The summed E-state index contributed by atoms with van der Waals surface area (Å²) in [5.41, 5.74) is 1.27. The van der Waals surface area contributed by atoms with Crippen LogP contribution in [0.4, 0.5) is 0 Å². The minimum Gasteiger partial charge on any atom is -0.454 e. The molecule has 1 heterocycles. The Morgan fingerprint density at radius 3 is 2.69 bits per heavy atom. The normalized spacial score (nSPS) is 13.6. The highest BCUT2D eigenvalue weighted by Crippen LogP contribution is 2.32. The zero-order valence-electron chi connectivity index (χ0n) is 9.45. The molecule has 1 aromatic carbocycles. The van der Waals surface area contributed by atoms with Crippen molar-refractivity contribution in [3.8, 4) is 11.5 Å². The lowest BCUT2D eigenvalue weighted by Crippen LogP contribution is -2.23. The fraction of sp³-hybridized carbons (Fsp3) is 0.455. The average molecular weight is 248 g/mol.